The van der Waals surface area contributed by atoms with Gasteiger partial charge >= 0.3 is 5.97 Å². The number of sulfonamides is 1. The van der Waals surface area contributed by atoms with Gasteiger partial charge in [-0.3, -0.25) is 9.69 Å². The van der Waals surface area contributed by atoms with Gasteiger partial charge in [0.25, 0.3) is 0 Å². The SMILES string of the molecule is Cc1cccc(C)c1OCCCN(CC(=O)O)C1CCN(S(C)(=O)=O)CC1. The smallest absolute Gasteiger partial charge is 0.317 e. The van der Waals surface area contributed by atoms with Gasteiger partial charge in [-0.15, -0.1) is 0 Å². The summed E-state index contributed by atoms with van der Waals surface area (Å²) >= 11 is 0. The topological polar surface area (TPSA) is 87.2 Å². The van der Waals surface area contributed by atoms with Crippen LogP contribution in [0.4, 0.5) is 0 Å². The first kappa shape index (κ1) is 21.7. The highest BCUT2D eigenvalue weighted by molar-refractivity contribution is 7.88. The molecule has 0 spiro atoms. The second kappa shape index (κ2) is 9.52. The van der Waals surface area contributed by atoms with Crippen LogP contribution in [-0.4, -0.2) is 73.8 Å². The van der Waals surface area contributed by atoms with E-state index in [0.717, 1.165) is 16.9 Å². The number of benzene rings is 1. The van der Waals surface area contributed by atoms with Crippen molar-refractivity contribution in [1.82, 2.24) is 9.21 Å². The highest BCUT2D eigenvalue weighted by atomic mass is 32.2. The summed E-state index contributed by atoms with van der Waals surface area (Å²) < 4.78 is 30.7. The maximum Gasteiger partial charge on any atom is 0.317 e. The van der Waals surface area contributed by atoms with Gasteiger partial charge in [-0.25, -0.2) is 12.7 Å². The van der Waals surface area contributed by atoms with E-state index in [0.29, 0.717) is 45.5 Å². The zero-order chi connectivity index (χ0) is 20.0. The molecule has 1 fully saturated rings. The van der Waals surface area contributed by atoms with Gasteiger partial charge in [-0.2, -0.15) is 0 Å². The Kier molecular flexibility index (Phi) is 7.64. The minimum Gasteiger partial charge on any atom is -0.493 e. The van der Waals surface area contributed by atoms with Crippen molar-refractivity contribution in [3.63, 3.8) is 0 Å². The Bertz CT molecular complexity index is 722. The fourth-order valence-electron chi connectivity index (χ4n) is 3.57. The van der Waals surface area contributed by atoms with Crippen LogP contribution in [0.2, 0.25) is 0 Å². The van der Waals surface area contributed by atoms with Gasteiger partial charge in [0, 0.05) is 25.7 Å². The third-order valence-corrected chi connectivity index (χ3v) is 6.30. The van der Waals surface area contributed by atoms with Crippen molar-refractivity contribution in [1.29, 1.82) is 0 Å². The van der Waals surface area contributed by atoms with E-state index in [1.165, 1.54) is 10.6 Å². The molecule has 1 aromatic carbocycles. The molecule has 0 unspecified atom stereocenters. The van der Waals surface area contributed by atoms with Crippen LogP contribution in [0.1, 0.15) is 30.4 Å². The summed E-state index contributed by atoms with van der Waals surface area (Å²) in [6, 6.07) is 6.09. The summed E-state index contributed by atoms with van der Waals surface area (Å²) in [5.41, 5.74) is 2.18. The minimum absolute atomic E-state index is 0.0348. The molecule has 7 nitrogen and oxygen atoms in total. The Balaban J connectivity index is 1.87. The van der Waals surface area contributed by atoms with Crippen molar-refractivity contribution in [3.8, 4) is 5.75 Å². The van der Waals surface area contributed by atoms with Crippen LogP contribution in [-0.2, 0) is 14.8 Å². The second-order valence-electron chi connectivity index (χ2n) is 7.18. The summed E-state index contributed by atoms with van der Waals surface area (Å²) in [7, 11) is -3.18. The summed E-state index contributed by atoms with van der Waals surface area (Å²) in [5, 5.41) is 9.22. The molecule has 0 atom stereocenters. The van der Waals surface area contributed by atoms with Crippen LogP contribution in [0.15, 0.2) is 18.2 Å². The third-order valence-electron chi connectivity index (χ3n) is 4.99. The molecule has 1 aliphatic heterocycles. The van der Waals surface area contributed by atoms with Crippen molar-refractivity contribution in [2.45, 2.75) is 39.2 Å². The Hall–Kier alpha value is -1.64. The predicted octanol–water partition coefficient (Wildman–Crippen LogP) is 1.88. The number of piperidine rings is 1. The standard InChI is InChI=1S/C19H30N2O5S/c1-15-6-4-7-16(2)19(15)26-13-5-10-20(14-18(22)23)17-8-11-21(12-9-17)27(3,24)25/h4,6-7,17H,5,8-14H2,1-3H3,(H,22,23). The molecule has 8 heteroatoms. The van der Waals surface area contributed by atoms with E-state index in [9.17, 15) is 18.3 Å². The average molecular weight is 399 g/mol. The van der Waals surface area contributed by atoms with Crippen LogP contribution >= 0.6 is 0 Å². The zero-order valence-corrected chi connectivity index (χ0v) is 17.2. The van der Waals surface area contributed by atoms with Gasteiger partial charge in [-0.05, 0) is 44.2 Å². The molecule has 0 amide bonds. The largest absolute Gasteiger partial charge is 0.493 e. The maximum atomic E-state index is 11.6. The normalized spacial score (nSPS) is 16.6. The van der Waals surface area contributed by atoms with Gasteiger partial charge in [0.15, 0.2) is 0 Å². The van der Waals surface area contributed by atoms with Crippen molar-refractivity contribution < 1.29 is 23.1 Å². The first-order chi connectivity index (χ1) is 12.7. The van der Waals surface area contributed by atoms with Crippen LogP contribution in [0.5, 0.6) is 5.75 Å². The number of para-hydroxylation sites is 1. The van der Waals surface area contributed by atoms with E-state index in [1.807, 2.05) is 36.9 Å². The highest BCUT2D eigenvalue weighted by Crippen LogP contribution is 2.23. The number of aliphatic carboxylic acids is 1. The first-order valence-electron chi connectivity index (χ1n) is 9.28. The van der Waals surface area contributed by atoms with Gasteiger partial charge in [0.2, 0.25) is 10.0 Å². The second-order valence-corrected chi connectivity index (χ2v) is 9.16. The summed E-state index contributed by atoms with van der Waals surface area (Å²) in [6.45, 7) is 6.00. The Morgan fingerprint density at radius 2 is 1.85 bits per heavy atom. The molecule has 1 heterocycles. The predicted molar refractivity (Wildman–Crippen MR) is 105 cm³/mol. The summed E-state index contributed by atoms with van der Waals surface area (Å²) in [4.78, 5) is 13.2. The molecule has 0 radical (unpaired) electrons. The van der Waals surface area contributed by atoms with Crippen LogP contribution in [0, 0.1) is 13.8 Å². The number of rotatable bonds is 9. The zero-order valence-electron chi connectivity index (χ0n) is 16.3. The molecular weight excluding hydrogens is 368 g/mol. The van der Waals surface area contributed by atoms with Gasteiger partial charge < -0.3 is 9.84 Å². The van der Waals surface area contributed by atoms with Gasteiger partial charge in [-0.1, -0.05) is 18.2 Å². The lowest BCUT2D eigenvalue weighted by atomic mass is 10.0. The summed E-state index contributed by atoms with van der Waals surface area (Å²) in [6.07, 6.45) is 3.23. The Labute approximate surface area is 162 Å². The number of carboxylic acids is 1. The van der Waals surface area contributed by atoms with Crippen LogP contribution < -0.4 is 4.74 Å². The Morgan fingerprint density at radius 3 is 2.37 bits per heavy atom. The van der Waals surface area contributed by atoms with Crippen molar-refractivity contribution in [2.24, 2.45) is 0 Å². The van der Waals surface area contributed by atoms with E-state index in [2.05, 4.69) is 0 Å². The van der Waals surface area contributed by atoms with Gasteiger partial charge in [0.05, 0.1) is 19.4 Å². The van der Waals surface area contributed by atoms with Crippen molar-refractivity contribution >= 4 is 16.0 Å². The molecule has 152 valence electrons. The molecule has 2 rings (SSSR count). The van der Waals surface area contributed by atoms with Crippen molar-refractivity contribution in [3.05, 3.63) is 29.3 Å². The molecule has 1 N–H and O–H groups in total. The van der Waals surface area contributed by atoms with Crippen LogP contribution in [0.25, 0.3) is 0 Å². The molecule has 0 bridgehead atoms. The molecular formula is C19H30N2O5S. The number of nitrogens with zero attached hydrogens (tertiary/aromatic N) is 2. The summed E-state index contributed by atoms with van der Waals surface area (Å²) in [5.74, 6) is 0.0277. The minimum atomic E-state index is -3.18. The number of ether oxygens (including phenoxy) is 1. The number of carbonyl (C=O) groups is 1. The molecule has 0 aromatic heterocycles. The van der Waals surface area contributed by atoms with Crippen molar-refractivity contribution in [2.75, 3.05) is 39.0 Å². The lowest BCUT2D eigenvalue weighted by Crippen LogP contribution is -2.48. The number of aryl methyl sites for hydroxylation is 2. The van der Waals surface area contributed by atoms with E-state index in [-0.39, 0.29) is 12.6 Å². The molecule has 0 aliphatic carbocycles. The van der Waals surface area contributed by atoms with Gasteiger partial charge in [0.1, 0.15) is 5.75 Å². The number of hydrogen-bond donors (Lipinski definition) is 1. The third kappa shape index (κ3) is 6.48. The average Bonchev–Trinajstić information content (AvgIpc) is 2.58. The quantitative estimate of drug-likeness (QED) is 0.639. The Morgan fingerprint density at radius 1 is 1.26 bits per heavy atom. The maximum absolute atomic E-state index is 11.6. The fraction of sp³-hybridized carbons (Fsp3) is 0.632. The molecule has 27 heavy (non-hydrogen) atoms. The highest BCUT2D eigenvalue weighted by Gasteiger charge is 2.29. The molecule has 1 saturated heterocycles. The molecule has 1 aliphatic rings. The first-order valence-corrected chi connectivity index (χ1v) is 11.1. The van der Waals surface area contributed by atoms with E-state index in [1.54, 1.807) is 0 Å². The number of hydrogen-bond acceptors (Lipinski definition) is 5. The molecule has 0 saturated carbocycles. The van der Waals surface area contributed by atoms with Crippen LogP contribution in [0.3, 0.4) is 0 Å². The van der Waals surface area contributed by atoms with E-state index < -0.39 is 16.0 Å². The van der Waals surface area contributed by atoms with E-state index in [4.69, 9.17) is 4.74 Å². The monoisotopic (exact) mass is 398 g/mol. The number of carboxylic acid groups (broad SMARTS) is 1. The van der Waals surface area contributed by atoms with E-state index >= 15 is 0 Å². The lowest BCUT2D eigenvalue weighted by molar-refractivity contribution is -0.139. The lowest BCUT2D eigenvalue weighted by Gasteiger charge is -2.37. The molecule has 1 aromatic rings. The fourth-order valence-corrected chi connectivity index (χ4v) is 4.45.